The number of hydrogen-bond acceptors (Lipinski definition) is 4. The second kappa shape index (κ2) is 5.83. The fourth-order valence-corrected chi connectivity index (χ4v) is 3.74. The van der Waals surface area contributed by atoms with Crippen LogP contribution in [0.2, 0.25) is 0 Å². The normalized spacial score (nSPS) is 23.7. The average Bonchev–Trinajstić information content (AvgIpc) is 3.20. The van der Waals surface area contributed by atoms with Crippen molar-refractivity contribution in [2.75, 3.05) is 46.3 Å². The van der Waals surface area contributed by atoms with E-state index in [2.05, 4.69) is 4.90 Å². The maximum absolute atomic E-state index is 12.3. The minimum absolute atomic E-state index is 0.502. The van der Waals surface area contributed by atoms with Crippen molar-refractivity contribution in [1.82, 2.24) is 13.5 Å². The van der Waals surface area contributed by atoms with E-state index in [1.165, 1.54) is 17.1 Å². The standard InChI is InChI=1S/C11H24N4O2S/c1-13(6-2-5-12)18(16,17)15-9-7-14(8-10-15)11-3-4-11/h11H,2-10,12H2,1H3. The molecule has 0 spiro atoms. The third-order valence-electron chi connectivity index (χ3n) is 3.73. The Morgan fingerprint density at radius 3 is 2.33 bits per heavy atom. The first-order valence-electron chi connectivity index (χ1n) is 6.71. The monoisotopic (exact) mass is 276 g/mol. The molecule has 0 aromatic heterocycles. The molecule has 2 rings (SSSR count). The van der Waals surface area contributed by atoms with Crippen molar-refractivity contribution in [1.29, 1.82) is 0 Å². The molecule has 2 fully saturated rings. The van der Waals surface area contributed by atoms with Gasteiger partial charge in [-0.3, -0.25) is 4.90 Å². The molecule has 1 aliphatic carbocycles. The Hall–Kier alpha value is -0.210. The average molecular weight is 276 g/mol. The van der Waals surface area contributed by atoms with Crippen molar-refractivity contribution >= 4 is 10.2 Å². The predicted molar refractivity (Wildman–Crippen MR) is 71.4 cm³/mol. The maximum atomic E-state index is 12.3. The van der Waals surface area contributed by atoms with Gasteiger partial charge in [-0.05, 0) is 25.8 Å². The van der Waals surface area contributed by atoms with E-state index in [0.29, 0.717) is 32.6 Å². The molecule has 7 heteroatoms. The highest BCUT2D eigenvalue weighted by molar-refractivity contribution is 7.86. The van der Waals surface area contributed by atoms with Crippen molar-refractivity contribution < 1.29 is 8.42 Å². The maximum Gasteiger partial charge on any atom is 0.281 e. The molecule has 1 saturated heterocycles. The Bertz CT molecular complexity index is 361. The zero-order valence-electron chi connectivity index (χ0n) is 11.1. The van der Waals surface area contributed by atoms with E-state index in [0.717, 1.165) is 19.1 Å². The van der Waals surface area contributed by atoms with Crippen molar-refractivity contribution in [2.24, 2.45) is 5.73 Å². The van der Waals surface area contributed by atoms with Crippen molar-refractivity contribution in [3.8, 4) is 0 Å². The van der Waals surface area contributed by atoms with E-state index in [9.17, 15) is 8.42 Å². The molecule has 6 nitrogen and oxygen atoms in total. The molecular formula is C11H24N4O2S. The van der Waals surface area contributed by atoms with Crippen LogP contribution >= 0.6 is 0 Å². The third kappa shape index (κ3) is 3.21. The first-order chi connectivity index (χ1) is 8.55. The smallest absolute Gasteiger partial charge is 0.281 e. The fourth-order valence-electron chi connectivity index (χ4n) is 2.37. The molecule has 0 atom stereocenters. The second-order valence-electron chi connectivity index (χ2n) is 5.14. The van der Waals surface area contributed by atoms with Gasteiger partial charge in [0.15, 0.2) is 0 Å². The summed E-state index contributed by atoms with van der Waals surface area (Å²) in [6.07, 6.45) is 3.27. The lowest BCUT2D eigenvalue weighted by Gasteiger charge is -2.35. The van der Waals surface area contributed by atoms with Crippen LogP contribution in [0.1, 0.15) is 19.3 Å². The zero-order chi connectivity index (χ0) is 13.2. The molecular weight excluding hydrogens is 252 g/mol. The van der Waals surface area contributed by atoms with Crippen LogP contribution in [-0.4, -0.2) is 74.3 Å². The molecule has 0 bridgehead atoms. The highest BCUT2D eigenvalue weighted by atomic mass is 32.2. The molecule has 0 aromatic rings. The molecule has 2 N–H and O–H groups in total. The third-order valence-corrected chi connectivity index (χ3v) is 5.72. The van der Waals surface area contributed by atoms with Gasteiger partial charge in [0, 0.05) is 45.8 Å². The summed E-state index contributed by atoms with van der Waals surface area (Å²) >= 11 is 0. The summed E-state index contributed by atoms with van der Waals surface area (Å²) in [5.41, 5.74) is 5.42. The Morgan fingerprint density at radius 2 is 1.83 bits per heavy atom. The van der Waals surface area contributed by atoms with Gasteiger partial charge in [-0.25, -0.2) is 0 Å². The van der Waals surface area contributed by atoms with E-state index in [-0.39, 0.29) is 0 Å². The highest BCUT2D eigenvalue weighted by Crippen LogP contribution is 2.28. The first-order valence-corrected chi connectivity index (χ1v) is 8.11. The highest BCUT2D eigenvalue weighted by Gasteiger charge is 2.35. The number of hydrogen-bond donors (Lipinski definition) is 1. The van der Waals surface area contributed by atoms with Gasteiger partial charge in [0.1, 0.15) is 0 Å². The van der Waals surface area contributed by atoms with Crippen LogP contribution in [0.15, 0.2) is 0 Å². The van der Waals surface area contributed by atoms with E-state index >= 15 is 0 Å². The fraction of sp³-hybridized carbons (Fsp3) is 1.00. The van der Waals surface area contributed by atoms with Crippen LogP contribution in [0.4, 0.5) is 0 Å². The summed E-state index contributed by atoms with van der Waals surface area (Å²) in [5.74, 6) is 0. The predicted octanol–water partition coefficient (Wildman–Crippen LogP) is -0.708. The SMILES string of the molecule is CN(CCCN)S(=O)(=O)N1CCN(C2CC2)CC1. The Balaban J connectivity index is 1.86. The Labute approximate surface area is 110 Å². The molecule has 106 valence electrons. The van der Waals surface area contributed by atoms with E-state index in [4.69, 9.17) is 5.73 Å². The molecule has 1 aliphatic heterocycles. The molecule has 0 aromatic carbocycles. The van der Waals surface area contributed by atoms with Crippen LogP contribution in [0.5, 0.6) is 0 Å². The second-order valence-corrected chi connectivity index (χ2v) is 7.17. The zero-order valence-corrected chi connectivity index (χ0v) is 11.9. The lowest BCUT2D eigenvalue weighted by molar-refractivity contribution is 0.175. The lowest BCUT2D eigenvalue weighted by atomic mass is 10.3. The van der Waals surface area contributed by atoms with Gasteiger partial charge in [-0.15, -0.1) is 0 Å². The Morgan fingerprint density at radius 1 is 1.22 bits per heavy atom. The Kier molecular flexibility index (Phi) is 4.60. The van der Waals surface area contributed by atoms with E-state index < -0.39 is 10.2 Å². The van der Waals surface area contributed by atoms with Gasteiger partial charge in [0.25, 0.3) is 10.2 Å². The van der Waals surface area contributed by atoms with Gasteiger partial charge < -0.3 is 5.73 Å². The summed E-state index contributed by atoms with van der Waals surface area (Å²) < 4.78 is 27.6. The molecule has 1 saturated carbocycles. The lowest BCUT2D eigenvalue weighted by Crippen LogP contribution is -2.52. The summed E-state index contributed by atoms with van der Waals surface area (Å²) in [7, 11) is -1.64. The van der Waals surface area contributed by atoms with Crippen LogP contribution in [0.3, 0.4) is 0 Å². The summed E-state index contributed by atoms with van der Waals surface area (Å²) in [6, 6.07) is 0.727. The quantitative estimate of drug-likeness (QED) is 0.696. The molecule has 1 heterocycles. The summed E-state index contributed by atoms with van der Waals surface area (Å²) in [6.45, 7) is 4.00. The minimum atomic E-state index is -3.28. The van der Waals surface area contributed by atoms with Gasteiger partial charge in [0.05, 0.1) is 0 Å². The van der Waals surface area contributed by atoms with Crippen LogP contribution in [-0.2, 0) is 10.2 Å². The summed E-state index contributed by atoms with van der Waals surface area (Å²) in [5, 5.41) is 0. The van der Waals surface area contributed by atoms with Crippen LogP contribution in [0, 0.1) is 0 Å². The van der Waals surface area contributed by atoms with Gasteiger partial charge in [-0.1, -0.05) is 0 Å². The minimum Gasteiger partial charge on any atom is -0.330 e. The van der Waals surface area contributed by atoms with Crippen molar-refractivity contribution in [3.05, 3.63) is 0 Å². The largest absolute Gasteiger partial charge is 0.330 e. The number of piperazine rings is 1. The van der Waals surface area contributed by atoms with E-state index in [1.54, 1.807) is 11.4 Å². The van der Waals surface area contributed by atoms with Crippen LogP contribution in [0.25, 0.3) is 0 Å². The van der Waals surface area contributed by atoms with Gasteiger partial charge in [0.2, 0.25) is 0 Å². The molecule has 2 aliphatic rings. The molecule has 18 heavy (non-hydrogen) atoms. The van der Waals surface area contributed by atoms with Crippen molar-refractivity contribution in [2.45, 2.75) is 25.3 Å². The van der Waals surface area contributed by atoms with Gasteiger partial charge >= 0.3 is 0 Å². The van der Waals surface area contributed by atoms with Crippen molar-refractivity contribution in [3.63, 3.8) is 0 Å². The first kappa shape index (κ1) is 14.2. The number of nitrogens with zero attached hydrogens (tertiary/aromatic N) is 3. The van der Waals surface area contributed by atoms with E-state index in [1.807, 2.05) is 0 Å². The number of rotatable bonds is 6. The van der Waals surface area contributed by atoms with Crippen LogP contribution < -0.4 is 5.73 Å². The number of nitrogens with two attached hydrogens (primary N) is 1. The molecule has 0 radical (unpaired) electrons. The molecule has 0 unspecified atom stereocenters. The molecule has 0 amide bonds. The summed E-state index contributed by atoms with van der Waals surface area (Å²) in [4.78, 5) is 2.41. The van der Waals surface area contributed by atoms with Gasteiger partial charge in [-0.2, -0.15) is 17.0 Å². The topological polar surface area (TPSA) is 69.9 Å².